The van der Waals surface area contributed by atoms with Crippen molar-refractivity contribution in [1.82, 2.24) is 5.32 Å². The Bertz CT molecular complexity index is 187. The largest absolute Gasteiger partial charge is 0.370 e. The van der Waals surface area contributed by atoms with Crippen molar-refractivity contribution in [2.24, 2.45) is 5.73 Å². The summed E-state index contributed by atoms with van der Waals surface area (Å²) < 4.78 is 5.21. The molecule has 0 aliphatic heterocycles. The second kappa shape index (κ2) is 4.07. The summed E-state index contributed by atoms with van der Waals surface area (Å²) in [7, 11) is 1.56. The van der Waals surface area contributed by atoms with Crippen LogP contribution in [0.15, 0.2) is 0 Å². The second-order valence-corrected chi connectivity index (χ2v) is 4.45. The van der Waals surface area contributed by atoms with Crippen molar-refractivity contribution in [3.63, 3.8) is 0 Å². The average Bonchev–Trinajstić information content (AvgIpc) is 1.81. The fourth-order valence-electron chi connectivity index (χ4n) is 1.29. The lowest BCUT2D eigenvalue weighted by atomic mass is 10.0. The minimum Gasteiger partial charge on any atom is -0.370 e. The van der Waals surface area contributed by atoms with E-state index in [1.165, 1.54) is 0 Å². The third-order valence-electron chi connectivity index (χ3n) is 1.60. The molecule has 13 heavy (non-hydrogen) atoms. The number of carbonyl (C=O) groups excluding carboxylic acids is 1. The van der Waals surface area contributed by atoms with Gasteiger partial charge in [0.05, 0.1) is 6.42 Å². The van der Waals surface area contributed by atoms with Crippen molar-refractivity contribution in [2.75, 3.05) is 7.11 Å². The topological polar surface area (TPSA) is 64.3 Å². The minimum atomic E-state index is -0.677. The molecule has 0 saturated carbocycles. The summed E-state index contributed by atoms with van der Waals surface area (Å²) in [6.07, 6.45) is 0.167. The van der Waals surface area contributed by atoms with Gasteiger partial charge < -0.3 is 10.5 Å². The lowest BCUT2D eigenvalue weighted by Crippen LogP contribution is -2.55. The van der Waals surface area contributed by atoms with Gasteiger partial charge in [-0.2, -0.15) is 0 Å². The first-order chi connectivity index (χ1) is 5.68. The van der Waals surface area contributed by atoms with E-state index in [2.05, 4.69) is 5.32 Å². The van der Waals surface area contributed by atoms with Crippen LogP contribution < -0.4 is 11.1 Å². The van der Waals surface area contributed by atoms with Gasteiger partial charge in [0.2, 0.25) is 5.91 Å². The number of methoxy groups -OCH3 is 1. The van der Waals surface area contributed by atoms with Crippen LogP contribution in [0, 0.1) is 0 Å². The predicted octanol–water partition coefficient (Wildman–Crippen LogP) is 0.612. The number of nitrogens with two attached hydrogens (primary N) is 1. The van der Waals surface area contributed by atoms with Crippen LogP contribution >= 0.6 is 0 Å². The van der Waals surface area contributed by atoms with Gasteiger partial charge in [0.1, 0.15) is 5.72 Å². The molecule has 1 unspecified atom stereocenters. The molecule has 4 heteroatoms. The summed E-state index contributed by atoms with van der Waals surface area (Å²) in [4.78, 5) is 10.8. The SMILES string of the molecule is COC(C)(CC(N)=O)NC(C)(C)C. The molecule has 0 heterocycles. The Labute approximate surface area is 79.8 Å². The van der Waals surface area contributed by atoms with Gasteiger partial charge in [-0.15, -0.1) is 0 Å². The molecule has 0 radical (unpaired) electrons. The summed E-state index contributed by atoms with van der Waals surface area (Å²) in [5, 5.41) is 3.19. The van der Waals surface area contributed by atoms with Crippen LogP contribution in [0.4, 0.5) is 0 Å². The molecule has 0 rings (SSSR count). The van der Waals surface area contributed by atoms with Crippen LogP contribution in [0.3, 0.4) is 0 Å². The number of carbonyl (C=O) groups is 1. The van der Waals surface area contributed by atoms with E-state index in [4.69, 9.17) is 10.5 Å². The van der Waals surface area contributed by atoms with E-state index in [-0.39, 0.29) is 17.9 Å². The molecular weight excluding hydrogens is 168 g/mol. The van der Waals surface area contributed by atoms with E-state index in [0.717, 1.165) is 0 Å². The van der Waals surface area contributed by atoms with E-state index in [1.54, 1.807) is 7.11 Å². The molecule has 0 fully saturated rings. The Morgan fingerprint density at radius 2 is 1.85 bits per heavy atom. The number of hydrogen-bond donors (Lipinski definition) is 2. The third kappa shape index (κ3) is 5.60. The van der Waals surface area contributed by atoms with Crippen LogP contribution in [0.2, 0.25) is 0 Å². The molecule has 0 bridgehead atoms. The first kappa shape index (κ1) is 12.4. The number of hydrogen-bond acceptors (Lipinski definition) is 3. The lowest BCUT2D eigenvalue weighted by molar-refractivity contribution is -0.126. The molecule has 78 valence electrons. The molecule has 3 N–H and O–H groups in total. The van der Waals surface area contributed by atoms with Gasteiger partial charge in [0, 0.05) is 12.6 Å². The van der Waals surface area contributed by atoms with Crippen molar-refractivity contribution >= 4 is 5.91 Å². The molecule has 1 amide bonds. The smallest absolute Gasteiger partial charge is 0.221 e. The van der Waals surface area contributed by atoms with Crippen LogP contribution in [0.25, 0.3) is 0 Å². The van der Waals surface area contributed by atoms with Crippen molar-refractivity contribution in [3.05, 3.63) is 0 Å². The van der Waals surface area contributed by atoms with E-state index in [0.29, 0.717) is 0 Å². The zero-order valence-electron chi connectivity index (χ0n) is 9.10. The van der Waals surface area contributed by atoms with E-state index in [1.807, 2.05) is 27.7 Å². The molecule has 0 saturated heterocycles. The predicted molar refractivity (Wildman–Crippen MR) is 52.1 cm³/mol. The number of nitrogens with one attached hydrogen (secondary N) is 1. The first-order valence-electron chi connectivity index (χ1n) is 4.31. The Morgan fingerprint density at radius 1 is 1.38 bits per heavy atom. The third-order valence-corrected chi connectivity index (χ3v) is 1.60. The van der Waals surface area contributed by atoms with Gasteiger partial charge in [-0.25, -0.2) is 0 Å². The van der Waals surface area contributed by atoms with Crippen LogP contribution in [0.1, 0.15) is 34.1 Å². The Morgan fingerprint density at radius 3 is 2.08 bits per heavy atom. The normalized spacial score (nSPS) is 16.7. The highest BCUT2D eigenvalue weighted by atomic mass is 16.5. The summed E-state index contributed by atoms with van der Waals surface area (Å²) in [5.41, 5.74) is 4.33. The van der Waals surface area contributed by atoms with E-state index < -0.39 is 5.72 Å². The van der Waals surface area contributed by atoms with Crippen LogP contribution in [0.5, 0.6) is 0 Å². The van der Waals surface area contributed by atoms with Crippen molar-refractivity contribution < 1.29 is 9.53 Å². The Kier molecular flexibility index (Phi) is 3.88. The monoisotopic (exact) mass is 188 g/mol. The minimum absolute atomic E-state index is 0.111. The molecule has 0 aliphatic rings. The molecule has 4 nitrogen and oxygen atoms in total. The Balaban J connectivity index is 4.36. The summed E-state index contributed by atoms with van der Waals surface area (Å²) in [6, 6.07) is 0. The van der Waals surface area contributed by atoms with E-state index >= 15 is 0 Å². The second-order valence-electron chi connectivity index (χ2n) is 4.45. The fourth-order valence-corrected chi connectivity index (χ4v) is 1.29. The first-order valence-corrected chi connectivity index (χ1v) is 4.31. The van der Waals surface area contributed by atoms with Gasteiger partial charge in [-0.3, -0.25) is 10.1 Å². The molecule has 1 atom stereocenters. The number of rotatable bonds is 4. The molecular formula is C9H20N2O2. The summed E-state index contributed by atoms with van der Waals surface area (Å²) >= 11 is 0. The highest BCUT2D eigenvalue weighted by Crippen LogP contribution is 2.15. The van der Waals surface area contributed by atoms with E-state index in [9.17, 15) is 4.79 Å². The highest BCUT2D eigenvalue weighted by molar-refractivity contribution is 5.74. The standard InChI is InChI=1S/C9H20N2O2/c1-8(2,3)11-9(4,13-5)6-7(10)12/h11H,6H2,1-5H3,(H2,10,12). The molecule has 0 aromatic carbocycles. The van der Waals surface area contributed by atoms with Crippen LogP contribution in [-0.2, 0) is 9.53 Å². The number of primary amides is 1. The zero-order chi connectivity index (χ0) is 10.7. The molecule has 0 aliphatic carbocycles. The average molecular weight is 188 g/mol. The lowest BCUT2D eigenvalue weighted by Gasteiger charge is -2.35. The summed E-state index contributed by atoms with van der Waals surface area (Å²) in [6.45, 7) is 7.82. The van der Waals surface area contributed by atoms with Crippen LogP contribution in [-0.4, -0.2) is 24.3 Å². The molecule has 0 spiro atoms. The fraction of sp³-hybridized carbons (Fsp3) is 0.889. The zero-order valence-corrected chi connectivity index (χ0v) is 9.10. The molecule has 0 aromatic heterocycles. The van der Waals surface area contributed by atoms with Crippen molar-refractivity contribution in [2.45, 2.75) is 45.4 Å². The quantitative estimate of drug-likeness (QED) is 0.635. The van der Waals surface area contributed by atoms with Gasteiger partial charge in [0.25, 0.3) is 0 Å². The van der Waals surface area contributed by atoms with Gasteiger partial charge >= 0.3 is 0 Å². The van der Waals surface area contributed by atoms with Gasteiger partial charge in [-0.05, 0) is 27.7 Å². The maximum atomic E-state index is 10.8. The Hall–Kier alpha value is -0.610. The maximum Gasteiger partial charge on any atom is 0.221 e. The summed E-state index contributed by atoms with van der Waals surface area (Å²) in [5.74, 6) is -0.374. The molecule has 0 aromatic rings. The maximum absolute atomic E-state index is 10.8. The number of amides is 1. The number of ether oxygens (including phenoxy) is 1. The van der Waals surface area contributed by atoms with Gasteiger partial charge in [-0.1, -0.05) is 0 Å². The van der Waals surface area contributed by atoms with Gasteiger partial charge in [0.15, 0.2) is 0 Å². The van der Waals surface area contributed by atoms with Crippen molar-refractivity contribution in [3.8, 4) is 0 Å². The highest BCUT2D eigenvalue weighted by Gasteiger charge is 2.30. The van der Waals surface area contributed by atoms with Crippen molar-refractivity contribution in [1.29, 1.82) is 0 Å².